The van der Waals surface area contributed by atoms with E-state index in [0.717, 1.165) is 25.9 Å². The Morgan fingerprint density at radius 1 is 1.41 bits per heavy atom. The van der Waals surface area contributed by atoms with E-state index in [9.17, 15) is 4.79 Å². The van der Waals surface area contributed by atoms with Crippen molar-refractivity contribution in [2.45, 2.75) is 19.3 Å². The first-order valence-electron chi connectivity index (χ1n) is 7.48. The van der Waals surface area contributed by atoms with Crippen molar-refractivity contribution in [2.75, 3.05) is 38.7 Å². The van der Waals surface area contributed by atoms with E-state index in [0.29, 0.717) is 29.6 Å². The van der Waals surface area contributed by atoms with Crippen LogP contribution < -0.4 is 10.6 Å². The van der Waals surface area contributed by atoms with Crippen LogP contribution in [-0.2, 0) is 11.8 Å². The summed E-state index contributed by atoms with van der Waals surface area (Å²) in [5, 5.41) is 10.7. The molecule has 122 valence electrons. The Hall–Kier alpha value is -1.67. The van der Waals surface area contributed by atoms with Gasteiger partial charge in [-0.3, -0.25) is 9.48 Å². The number of amides is 1. The molecule has 1 amide bonds. The van der Waals surface area contributed by atoms with Gasteiger partial charge in [-0.05, 0) is 31.5 Å². The number of methoxy groups -OCH3 is 1. The van der Waals surface area contributed by atoms with Gasteiger partial charge in [0.15, 0.2) is 5.11 Å². The van der Waals surface area contributed by atoms with Gasteiger partial charge in [0.05, 0.1) is 18.5 Å². The van der Waals surface area contributed by atoms with Crippen LogP contribution in [0.4, 0.5) is 5.69 Å². The van der Waals surface area contributed by atoms with Gasteiger partial charge in [0.2, 0.25) is 0 Å². The number of hydrogen-bond acceptors (Lipinski definition) is 4. The highest BCUT2D eigenvalue weighted by atomic mass is 32.1. The first kappa shape index (κ1) is 16.7. The van der Waals surface area contributed by atoms with Crippen LogP contribution in [0.1, 0.15) is 29.8 Å². The minimum Gasteiger partial charge on any atom is -0.383 e. The maximum Gasteiger partial charge on any atom is 0.274 e. The molecular weight excluding hydrogens is 302 g/mol. The van der Waals surface area contributed by atoms with Crippen LogP contribution in [0, 0.1) is 0 Å². The topological polar surface area (TPSA) is 71.4 Å². The third-order valence-electron chi connectivity index (χ3n) is 3.62. The highest BCUT2D eigenvalue weighted by molar-refractivity contribution is 7.80. The Bertz CT molecular complexity index is 525. The average Bonchev–Trinajstić information content (AvgIpc) is 2.88. The predicted octanol–water partition coefficient (Wildman–Crippen LogP) is 0.979. The summed E-state index contributed by atoms with van der Waals surface area (Å²) in [5.41, 5.74) is 1.17. The smallest absolute Gasteiger partial charge is 0.274 e. The molecule has 2 rings (SSSR count). The summed E-state index contributed by atoms with van der Waals surface area (Å²) in [7, 11) is 3.40. The van der Waals surface area contributed by atoms with Crippen molar-refractivity contribution in [3.8, 4) is 0 Å². The first-order valence-corrected chi connectivity index (χ1v) is 7.89. The van der Waals surface area contributed by atoms with Gasteiger partial charge in [-0.1, -0.05) is 0 Å². The van der Waals surface area contributed by atoms with E-state index < -0.39 is 0 Å². The Labute approximate surface area is 136 Å². The highest BCUT2D eigenvalue weighted by Gasteiger charge is 2.24. The quantitative estimate of drug-likeness (QED) is 0.621. The molecule has 0 saturated carbocycles. The zero-order valence-electron chi connectivity index (χ0n) is 13.1. The second-order valence-corrected chi connectivity index (χ2v) is 5.67. The van der Waals surface area contributed by atoms with Crippen LogP contribution >= 0.6 is 12.2 Å². The normalized spacial score (nSPS) is 14.7. The lowest BCUT2D eigenvalue weighted by Gasteiger charge is -2.27. The summed E-state index contributed by atoms with van der Waals surface area (Å²) in [5.74, 6) is 0.00175. The van der Waals surface area contributed by atoms with Crippen LogP contribution in [0.3, 0.4) is 0 Å². The zero-order chi connectivity index (χ0) is 15.9. The number of aryl methyl sites for hydroxylation is 1. The van der Waals surface area contributed by atoms with E-state index in [-0.39, 0.29) is 5.91 Å². The Balaban J connectivity index is 2.03. The molecule has 2 heterocycles. The fraction of sp³-hybridized carbons (Fsp3) is 0.643. The zero-order valence-corrected chi connectivity index (χ0v) is 13.9. The largest absolute Gasteiger partial charge is 0.383 e. The van der Waals surface area contributed by atoms with E-state index in [1.165, 1.54) is 6.42 Å². The number of nitrogens with zero attached hydrogens (tertiary/aromatic N) is 3. The van der Waals surface area contributed by atoms with Gasteiger partial charge in [-0.15, -0.1) is 0 Å². The molecule has 8 heteroatoms. The molecule has 1 aromatic rings. The molecule has 7 nitrogen and oxygen atoms in total. The van der Waals surface area contributed by atoms with Crippen LogP contribution in [0.15, 0.2) is 6.20 Å². The number of nitrogens with one attached hydrogen (secondary N) is 2. The van der Waals surface area contributed by atoms with Crippen molar-refractivity contribution >= 4 is 28.9 Å². The van der Waals surface area contributed by atoms with E-state index in [4.69, 9.17) is 17.0 Å². The van der Waals surface area contributed by atoms with Crippen molar-refractivity contribution in [3.63, 3.8) is 0 Å². The Morgan fingerprint density at radius 2 is 2.14 bits per heavy atom. The third kappa shape index (κ3) is 4.17. The molecule has 0 bridgehead atoms. The van der Waals surface area contributed by atoms with E-state index in [1.807, 2.05) is 4.90 Å². The maximum atomic E-state index is 12.7. The van der Waals surface area contributed by atoms with Crippen molar-refractivity contribution in [1.82, 2.24) is 20.0 Å². The highest BCUT2D eigenvalue weighted by Crippen LogP contribution is 2.19. The number of piperidine rings is 1. The van der Waals surface area contributed by atoms with Gasteiger partial charge < -0.3 is 20.3 Å². The molecule has 0 unspecified atom stereocenters. The molecule has 1 saturated heterocycles. The monoisotopic (exact) mass is 325 g/mol. The predicted molar refractivity (Wildman–Crippen MR) is 89.1 cm³/mol. The molecule has 1 aliphatic heterocycles. The standard InChI is InChI=1S/C14H23N5O2S/c1-18-12(13(20)19-7-4-3-5-8-19)11(10-16-18)17-14(22)15-6-9-21-2/h10H,3-9H2,1-2H3,(H2,15,17,22). The van der Waals surface area contributed by atoms with Gasteiger partial charge in [-0.2, -0.15) is 5.10 Å². The molecule has 0 aromatic carbocycles. The summed E-state index contributed by atoms with van der Waals surface area (Å²) >= 11 is 5.22. The molecule has 0 aliphatic carbocycles. The second kappa shape index (κ2) is 8.09. The number of anilines is 1. The van der Waals surface area contributed by atoms with Gasteiger partial charge in [-0.25, -0.2) is 0 Å². The molecular formula is C14H23N5O2S. The van der Waals surface area contributed by atoms with Crippen molar-refractivity contribution in [1.29, 1.82) is 0 Å². The van der Waals surface area contributed by atoms with Crippen molar-refractivity contribution in [3.05, 3.63) is 11.9 Å². The van der Waals surface area contributed by atoms with Crippen molar-refractivity contribution < 1.29 is 9.53 Å². The number of rotatable bonds is 5. The molecule has 1 aromatic heterocycles. The lowest BCUT2D eigenvalue weighted by atomic mass is 10.1. The van der Waals surface area contributed by atoms with E-state index >= 15 is 0 Å². The van der Waals surface area contributed by atoms with Gasteiger partial charge in [0.25, 0.3) is 5.91 Å². The van der Waals surface area contributed by atoms with Gasteiger partial charge in [0.1, 0.15) is 5.69 Å². The number of carbonyl (C=O) groups is 1. The molecule has 0 atom stereocenters. The van der Waals surface area contributed by atoms with E-state index in [2.05, 4.69) is 15.7 Å². The summed E-state index contributed by atoms with van der Waals surface area (Å²) in [6.45, 7) is 2.78. The Kier molecular flexibility index (Phi) is 6.14. The van der Waals surface area contributed by atoms with Crippen LogP contribution in [0.25, 0.3) is 0 Å². The fourth-order valence-corrected chi connectivity index (χ4v) is 2.67. The molecule has 0 spiro atoms. The number of carbonyl (C=O) groups excluding carboxylic acids is 1. The number of ether oxygens (including phenoxy) is 1. The summed E-state index contributed by atoms with van der Waals surface area (Å²) in [6.07, 6.45) is 4.93. The first-order chi connectivity index (χ1) is 10.6. The maximum absolute atomic E-state index is 12.7. The third-order valence-corrected chi connectivity index (χ3v) is 3.87. The molecule has 1 aliphatic rings. The van der Waals surface area contributed by atoms with Gasteiger partial charge >= 0.3 is 0 Å². The van der Waals surface area contributed by atoms with Gasteiger partial charge in [0, 0.05) is 33.8 Å². The summed E-state index contributed by atoms with van der Waals surface area (Å²) in [4.78, 5) is 14.6. The summed E-state index contributed by atoms with van der Waals surface area (Å²) in [6, 6.07) is 0. The Morgan fingerprint density at radius 3 is 2.82 bits per heavy atom. The number of aromatic nitrogens is 2. The number of thiocarbonyl (C=S) groups is 1. The fourth-order valence-electron chi connectivity index (χ4n) is 2.46. The second-order valence-electron chi connectivity index (χ2n) is 5.26. The van der Waals surface area contributed by atoms with Crippen LogP contribution in [-0.4, -0.2) is 59.1 Å². The lowest BCUT2D eigenvalue weighted by Crippen LogP contribution is -2.37. The average molecular weight is 325 g/mol. The molecule has 2 N–H and O–H groups in total. The molecule has 1 fully saturated rings. The van der Waals surface area contributed by atoms with Crippen LogP contribution in [0.5, 0.6) is 0 Å². The van der Waals surface area contributed by atoms with Crippen LogP contribution in [0.2, 0.25) is 0 Å². The van der Waals surface area contributed by atoms with Crippen molar-refractivity contribution in [2.24, 2.45) is 7.05 Å². The minimum atomic E-state index is 0.00175. The minimum absolute atomic E-state index is 0.00175. The van der Waals surface area contributed by atoms with E-state index in [1.54, 1.807) is 25.0 Å². The molecule has 0 radical (unpaired) electrons. The number of hydrogen-bond donors (Lipinski definition) is 2. The number of likely N-dealkylation sites (tertiary alicyclic amines) is 1. The SMILES string of the molecule is COCCNC(=S)Nc1cnn(C)c1C(=O)N1CCCCC1. The summed E-state index contributed by atoms with van der Waals surface area (Å²) < 4.78 is 6.55. The lowest BCUT2D eigenvalue weighted by molar-refractivity contribution is 0.0714. The molecule has 22 heavy (non-hydrogen) atoms.